The Hall–Kier alpha value is -1.69. The SMILES string of the molecule is O=C(c1ccc(F)cc1[N+](=O)[O-])N1CCC(CCl)CC1. The maximum absolute atomic E-state index is 13.1. The van der Waals surface area contributed by atoms with Crippen LogP contribution in [-0.2, 0) is 0 Å². The molecule has 1 aromatic carbocycles. The van der Waals surface area contributed by atoms with Gasteiger partial charge in [-0.25, -0.2) is 4.39 Å². The zero-order valence-electron chi connectivity index (χ0n) is 10.7. The van der Waals surface area contributed by atoms with Gasteiger partial charge in [0.15, 0.2) is 0 Å². The number of hydrogen-bond donors (Lipinski definition) is 0. The molecule has 1 aliphatic rings. The van der Waals surface area contributed by atoms with Crippen LogP contribution in [-0.4, -0.2) is 34.7 Å². The quantitative estimate of drug-likeness (QED) is 0.490. The number of nitro benzene ring substituents is 1. The number of piperidine rings is 1. The van der Waals surface area contributed by atoms with Crippen LogP contribution in [0.4, 0.5) is 10.1 Å². The third kappa shape index (κ3) is 3.07. The van der Waals surface area contributed by atoms with Crippen molar-refractivity contribution in [1.82, 2.24) is 4.90 Å². The van der Waals surface area contributed by atoms with Gasteiger partial charge in [-0.1, -0.05) is 0 Å². The van der Waals surface area contributed by atoms with Crippen molar-refractivity contribution in [2.24, 2.45) is 5.92 Å². The van der Waals surface area contributed by atoms with E-state index in [-0.39, 0.29) is 5.56 Å². The lowest BCUT2D eigenvalue weighted by atomic mass is 9.98. The smallest absolute Gasteiger partial charge is 0.285 e. The predicted molar refractivity (Wildman–Crippen MR) is 72.4 cm³/mol. The standard InChI is InChI=1S/C13H14ClFN2O3/c14-8-9-3-5-16(6-4-9)13(18)11-2-1-10(15)7-12(11)17(19)20/h1-2,7,9H,3-6,8H2. The number of hydrogen-bond acceptors (Lipinski definition) is 3. The Morgan fingerprint density at radius 2 is 2.10 bits per heavy atom. The van der Waals surface area contributed by atoms with Crippen molar-refractivity contribution in [3.8, 4) is 0 Å². The van der Waals surface area contributed by atoms with Crippen molar-refractivity contribution in [2.75, 3.05) is 19.0 Å². The number of alkyl halides is 1. The largest absolute Gasteiger partial charge is 0.338 e. The van der Waals surface area contributed by atoms with Crippen LogP contribution in [0.2, 0.25) is 0 Å². The van der Waals surface area contributed by atoms with Gasteiger partial charge in [0, 0.05) is 19.0 Å². The summed E-state index contributed by atoms with van der Waals surface area (Å²) in [7, 11) is 0. The summed E-state index contributed by atoms with van der Waals surface area (Å²) in [4.78, 5) is 24.0. The van der Waals surface area contributed by atoms with E-state index < -0.39 is 22.3 Å². The lowest BCUT2D eigenvalue weighted by Crippen LogP contribution is -2.39. The second-order valence-electron chi connectivity index (χ2n) is 4.81. The van der Waals surface area contributed by atoms with Gasteiger partial charge in [-0.2, -0.15) is 0 Å². The lowest BCUT2D eigenvalue weighted by molar-refractivity contribution is -0.385. The monoisotopic (exact) mass is 300 g/mol. The molecule has 1 fully saturated rings. The molecule has 0 radical (unpaired) electrons. The topological polar surface area (TPSA) is 63.4 Å². The lowest BCUT2D eigenvalue weighted by Gasteiger charge is -2.31. The number of likely N-dealkylation sites (tertiary alicyclic amines) is 1. The summed E-state index contributed by atoms with van der Waals surface area (Å²) >= 11 is 5.77. The Bertz CT molecular complexity index is 530. The van der Waals surface area contributed by atoms with Crippen LogP contribution in [0, 0.1) is 21.8 Å². The molecule has 0 saturated carbocycles. The zero-order valence-corrected chi connectivity index (χ0v) is 11.5. The highest BCUT2D eigenvalue weighted by Gasteiger charge is 2.28. The molecular weight excluding hydrogens is 287 g/mol. The number of nitrogens with zero attached hydrogens (tertiary/aromatic N) is 2. The average molecular weight is 301 g/mol. The molecule has 1 saturated heterocycles. The second-order valence-corrected chi connectivity index (χ2v) is 5.12. The molecule has 7 heteroatoms. The molecule has 1 aliphatic heterocycles. The van der Waals surface area contributed by atoms with Gasteiger partial charge in [-0.3, -0.25) is 14.9 Å². The molecule has 0 aromatic heterocycles. The molecule has 1 amide bonds. The average Bonchev–Trinajstić information content (AvgIpc) is 2.46. The van der Waals surface area contributed by atoms with E-state index in [0.29, 0.717) is 24.9 Å². The predicted octanol–water partition coefficient (Wildman–Crippen LogP) is 2.82. The van der Waals surface area contributed by atoms with Crippen LogP contribution in [0.5, 0.6) is 0 Å². The van der Waals surface area contributed by atoms with Gasteiger partial charge in [0.2, 0.25) is 0 Å². The van der Waals surface area contributed by atoms with Gasteiger partial charge in [0.05, 0.1) is 11.0 Å². The second kappa shape index (κ2) is 6.17. The molecule has 1 aromatic rings. The third-order valence-electron chi connectivity index (χ3n) is 3.51. The molecule has 0 atom stereocenters. The van der Waals surface area contributed by atoms with Gasteiger partial charge in [0.25, 0.3) is 11.6 Å². The number of halogens is 2. The third-order valence-corrected chi connectivity index (χ3v) is 3.94. The van der Waals surface area contributed by atoms with Gasteiger partial charge in [0.1, 0.15) is 11.4 Å². The Morgan fingerprint density at radius 1 is 1.45 bits per heavy atom. The molecule has 0 bridgehead atoms. The molecule has 0 aliphatic carbocycles. The van der Waals surface area contributed by atoms with E-state index in [0.717, 1.165) is 25.0 Å². The number of rotatable bonds is 3. The Morgan fingerprint density at radius 3 is 2.65 bits per heavy atom. The van der Waals surface area contributed by atoms with Crippen LogP contribution in [0.15, 0.2) is 18.2 Å². The number of nitro groups is 1. The van der Waals surface area contributed by atoms with E-state index in [4.69, 9.17) is 11.6 Å². The summed E-state index contributed by atoms with van der Waals surface area (Å²) in [5.41, 5.74) is -0.560. The highest BCUT2D eigenvalue weighted by atomic mass is 35.5. The van der Waals surface area contributed by atoms with E-state index >= 15 is 0 Å². The molecule has 108 valence electrons. The molecule has 0 unspecified atom stereocenters. The zero-order chi connectivity index (χ0) is 14.7. The fourth-order valence-electron chi connectivity index (χ4n) is 2.30. The van der Waals surface area contributed by atoms with Crippen LogP contribution < -0.4 is 0 Å². The van der Waals surface area contributed by atoms with E-state index in [1.54, 1.807) is 4.90 Å². The van der Waals surface area contributed by atoms with E-state index in [2.05, 4.69) is 0 Å². The molecule has 2 rings (SSSR count). The van der Waals surface area contributed by atoms with Crippen molar-refractivity contribution in [2.45, 2.75) is 12.8 Å². The maximum atomic E-state index is 13.1. The van der Waals surface area contributed by atoms with Gasteiger partial charge in [-0.05, 0) is 30.9 Å². The fourth-order valence-corrected chi connectivity index (χ4v) is 2.61. The van der Waals surface area contributed by atoms with E-state index in [9.17, 15) is 19.3 Å². The van der Waals surface area contributed by atoms with E-state index in [1.165, 1.54) is 6.07 Å². The summed E-state index contributed by atoms with van der Waals surface area (Å²) in [5.74, 6) is -0.221. The molecule has 5 nitrogen and oxygen atoms in total. The van der Waals surface area contributed by atoms with Crippen molar-refractivity contribution in [3.63, 3.8) is 0 Å². The summed E-state index contributed by atoms with van der Waals surface area (Å²) in [6.07, 6.45) is 1.56. The first-order valence-electron chi connectivity index (χ1n) is 6.32. The van der Waals surface area contributed by atoms with Crippen molar-refractivity contribution in [1.29, 1.82) is 0 Å². The molecular formula is C13H14ClFN2O3. The molecule has 1 heterocycles. The summed E-state index contributed by atoms with van der Waals surface area (Å²) in [6, 6.07) is 3.01. The summed E-state index contributed by atoms with van der Waals surface area (Å²) in [5, 5.41) is 10.9. The van der Waals surface area contributed by atoms with Crippen LogP contribution in [0.3, 0.4) is 0 Å². The Balaban J connectivity index is 2.19. The highest BCUT2D eigenvalue weighted by Crippen LogP contribution is 2.25. The molecule has 0 N–H and O–H groups in total. The first-order valence-corrected chi connectivity index (χ1v) is 6.85. The molecule has 0 spiro atoms. The number of carbonyl (C=O) groups is 1. The Kier molecular flexibility index (Phi) is 4.54. The maximum Gasteiger partial charge on any atom is 0.285 e. The van der Waals surface area contributed by atoms with Crippen LogP contribution in [0.25, 0.3) is 0 Å². The first kappa shape index (κ1) is 14.7. The summed E-state index contributed by atoms with van der Waals surface area (Å²) < 4.78 is 13.1. The molecule has 20 heavy (non-hydrogen) atoms. The number of amides is 1. The number of benzene rings is 1. The Labute approximate surface area is 120 Å². The van der Waals surface area contributed by atoms with Gasteiger partial charge in [-0.15, -0.1) is 11.6 Å². The summed E-state index contributed by atoms with van der Waals surface area (Å²) in [6.45, 7) is 1.04. The normalized spacial score (nSPS) is 16.2. The van der Waals surface area contributed by atoms with Crippen LogP contribution >= 0.6 is 11.6 Å². The minimum absolute atomic E-state index is 0.0688. The van der Waals surface area contributed by atoms with Crippen molar-refractivity contribution < 1.29 is 14.1 Å². The minimum atomic E-state index is -0.734. The van der Waals surface area contributed by atoms with Gasteiger partial charge >= 0.3 is 0 Å². The van der Waals surface area contributed by atoms with E-state index in [1.807, 2.05) is 0 Å². The highest BCUT2D eigenvalue weighted by molar-refractivity contribution is 6.18. The fraction of sp³-hybridized carbons (Fsp3) is 0.462. The van der Waals surface area contributed by atoms with Crippen molar-refractivity contribution in [3.05, 3.63) is 39.7 Å². The van der Waals surface area contributed by atoms with Crippen molar-refractivity contribution >= 4 is 23.2 Å². The number of carbonyl (C=O) groups excluding carboxylic acids is 1. The first-order chi connectivity index (χ1) is 9.52. The van der Waals surface area contributed by atoms with Gasteiger partial charge < -0.3 is 4.90 Å². The van der Waals surface area contributed by atoms with Crippen LogP contribution in [0.1, 0.15) is 23.2 Å². The minimum Gasteiger partial charge on any atom is -0.338 e.